The molecule has 6 heteroatoms. The van der Waals surface area contributed by atoms with Crippen LogP contribution in [0.2, 0.25) is 0 Å². The third-order valence-corrected chi connectivity index (χ3v) is 4.81. The molecular weight excluding hydrogens is 321 g/mol. The van der Waals surface area contributed by atoms with E-state index in [4.69, 9.17) is 0 Å². The number of carbonyl (C=O) groups is 1. The van der Waals surface area contributed by atoms with Crippen molar-refractivity contribution in [1.29, 1.82) is 0 Å². The van der Waals surface area contributed by atoms with Gasteiger partial charge in [-0.15, -0.1) is 0 Å². The molecule has 2 heterocycles. The van der Waals surface area contributed by atoms with Gasteiger partial charge in [0.05, 0.1) is 23.1 Å². The molecule has 1 aromatic carbocycles. The van der Waals surface area contributed by atoms with Gasteiger partial charge >= 0.3 is 0 Å². The molecule has 1 aromatic heterocycles. The lowest BCUT2D eigenvalue weighted by Gasteiger charge is -2.31. The first-order chi connectivity index (χ1) is 12.0. The number of aliphatic hydroxyl groups is 1. The lowest BCUT2D eigenvalue weighted by atomic mass is 9.97. The fourth-order valence-corrected chi connectivity index (χ4v) is 3.36. The van der Waals surface area contributed by atoms with Gasteiger partial charge in [0.2, 0.25) is 0 Å². The molecule has 1 aliphatic rings. The second-order valence-corrected chi connectivity index (χ2v) is 6.90. The minimum atomic E-state index is -0.301. The molecule has 1 amide bonds. The van der Waals surface area contributed by atoms with Crippen LogP contribution in [0.15, 0.2) is 30.5 Å². The van der Waals surface area contributed by atoms with Gasteiger partial charge in [0.15, 0.2) is 0 Å². The van der Waals surface area contributed by atoms with Gasteiger partial charge < -0.3 is 10.0 Å². The Labute approximate surface area is 147 Å². The highest BCUT2D eigenvalue weighted by Gasteiger charge is 2.28. The number of nitrogens with zero attached hydrogens (tertiary/aromatic N) is 3. The SMILES string of the molecule is CC(C)c1c(C(=O)N2CCC(CO)CC2)cnn1-c1ccc(F)cc1. The van der Waals surface area contributed by atoms with E-state index in [0.717, 1.165) is 24.2 Å². The maximum atomic E-state index is 13.2. The summed E-state index contributed by atoms with van der Waals surface area (Å²) in [6, 6.07) is 6.11. The van der Waals surface area contributed by atoms with Gasteiger partial charge in [0.25, 0.3) is 5.91 Å². The number of halogens is 1. The molecule has 1 N–H and O–H groups in total. The van der Waals surface area contributed by atoms with E-state index in [1.54, 1.807) is 23.0 Å². The summed E-state index contributed by atoms with van der Waals surface area (Å²) < 4.78 is 14.9. The maximum absolute atomic E-state index is 13.2. The lowest BCUT2D eigenvalue weighted by Crippen LogP contribution is -2.39. The first-order valence-electron chi connectivity index (χ1n) is 8.75. The number of hydrogen-bond acceptors (Lipinski definition) is 3. The first-order valence-corrected chi connectivity index (χ1v) is 8.75. The number of aromatic nitrogens is 2. The second-order valence-electron chi connectivity index (χ2n) is 6.90. The summed E-state index contributed by atoms with van der Waals surface area (Å²) >= 11 is 0. The average molecular weight is 345 g/mol. The van der Waals surface area contributed by atoms with E-state index in [2.05, 4.69) is 5.10 Å². The van der Waals surface area contributed by atoms with Crippen molar-refractivity contribution in [3.63, 3.8) is 0 Å². The molecule has 0 spiro atoms. The molecule has 1 saturated heterocycles. The summed E-state index contributed by atoms with van der Waals surface area (Å²) in [5.41, 5.74) is 2.17. The van der Waals surface area contributed by atoms with Crippen molar-refractivity contribution in [3.05, 3.63) is 47.5 Å². The van der Waals surface area contributed by atoms with Crippen molar-refractivity contribution in [3.8, 4) is 5.69 Å². The summed E-state index contributed by atoms with van der Waals surface area (Å²) in [5.74, 6) is 0.0653. The Balaban J connectivity index is 1.89. The minimum Gasteiger partial charge on any atom is -0.396 e. The predicted molar refractivity (Wildman–Crippen MR) is 93.3 cm³/mol. The zero-order chi connectivity index (χ0) is 18.0. The minimum absolute atomic E-state index is 0.0200. The number of hydrogen-bond donors (Lipinski definition) is 1. The topological polar surface area (TPSA) is 58.4 Å². The van der Waals surface area contributed by atoms with E-state index in [1.165, 1.54) is 12.1 Å². The van der Waals surface area contributed by atoms with Crippen molar-refractivity contribution in [2.45, 2.75) is 32.6 Å². The van der Waals surface area contributed by atoms with Gasteiger partial charge in [-0.1, -0.05) is 13.8 Å². The van der Waals surface area contributed by atoms with Crippen LogP contribution in [0.1, 0.15) is 48.7 Å². The summed E-state index contributed by atoms with van der Waals surface area (Å²) in [5, 5.41) is 13.6. The van der Waals surface area contributed by atoms with E-state index in [1.807, 2.05) is 18.7 Å². The molecule has 5 nitrogen and oxygen atoms in total. The van der Waals surface area contributed by atoms with Crippen LogP contribution < -0.4 is 0 Å². The third-order valence-electron chi connectivity index (χ3n) is 4.81. The van der Waals surface area contributed by atoms with Crippen molar-refractivity contribution in [2.75, 3.05) is 19.7 Å². The van der Waals surface area contributed by atoms with Crippen molar-refractivity contribution >= 4 is 5.91 Å². The number of carbonyl (C=O) groups excluding carboxylic acids is 1. The maximum Gasteiger partial charge on any atom is 0.257 e. The molecule has 1 aliphatic heterocycles. The molecule has 1 fully saturated rings. The van der Waals surface area contributed by atoms with Gasteiger partial charge in [-0.2, -0.15) is 5.10 Å². The number of piperidine rings is 1. The Hall–Kier alpha value is -2.21. The van der Waals surface area contributed by atoms with Gasteiger partial charge in [-0.25, -0.2) is 9.07 Å². The quantitative estimate of drug-likeness (QED) is 0.927. The predicted octanol–water partition coefficient (Wildman–Crippen LogP) is 2.98. The Kier molecular flexibility index (Phi) is 5.18. The lowest BCUT2D eigenvalue weighted by molar-refractivity contribution is 0.0649. The first kappa shape index (κ1) is 17.6. The van der Waals surface area contributed by atoms with Crippen LogP contribution in [0, 0.1) is 11.7 Å². The highest BCUT2D eigenvalue weighted by molar-refractivity contribution is 5.95. The van der Waals surface area contributed by atoms with Gasteiger partial charge in [-0.05, 0) is 48.9 Å². The van der Waals surface area contributed by atoms with Crippen LogP contribution in [0.25, 0.3) is 5.69 Å². The van der Waals surface area contributed by atoms with Crippen molar-refractivity contribution in [1.82, 2.24) is 14.7 Å². The molecule has 0 saturated carbocycles. The molecule has 0 aliphatic carbocycles. The van der Waals surface area contributed by atoms with Crippen LogP contribution in [0.3, 0.4) is 0 Å². The van der Waals surface area contributed by atoms with Crippen LogP contribution in [0.4, 0.5) is 4.39 Å². The molecule has 134 valence electrons. The third kappa shape index (κ3) is 3.58. The van der Waals surface area contributed by atoms with Crippen LogP contribution in [0.5, 0.6) is 0 Å². The van der Waals surface area contributed by atoms with Gasteiger partial charge in [0.1, 0.15) is 5.82 Å². The fraction of sp³-hybridized carbons (Fsp3) is 0.474. The van der Waals surface area contributed by atoms with E-state index in [-0.39, 0.29) is 30.2 Å². The van der Waals surface area contributed by atoms with E-state index >= 15 is 0 Å². The smallest absolute Gasteiger partial charge is 0.257 e. The number of amides is 1. The molecule has 25 heavy (non-hydrogen) atoms. The number of rotatable bonds is 4. The number of aliphatic hydroxyl groups excluding tert-OH is 1. The normalized spacial score (nSPS) is 15.8. The Morgan fingerprint density at radius 1 is 1.28 bits per heavy atom. The summed E-state index contributed by atoms with van der Waals surface area (Å²) in [4.78, 5) is 14.8. The standard InChI is InChI=1S/C19H24FN3O2/c1-13(2)18-17(19(25)22-9-7-14(12-24)8-10-22)11-21-23(18)16-5-3-15(20)4-6-16/h3-6,11,13-14,24H,7-10,12H2,1-2H3. The molecule has 3 rings (SSSR count). The molecular formula is C19H24FN3O2. The van der Waals surface area contributed by atoms with Crippen LogP contribution in [-0.2, 0) is 0 Å². The number of benzene rings is 1. The average Bonchev–Trinajstić information content (AvgIpc) is 3.07. The summed E-state index contributed by atoms with van der Waals surface area (Å²) in [7, 11) is 0. The molecule has 2 aromatic rings. The fourth-order valence-electron chi connectivity index (χ4n) is 3.36. The Morgan fingerprint density at radius 3 is 2.48 bits per heavy atom. The van der Waals surface area contributed by atoms with E-state index < -0.39 is 0 Å². The number of likely N-dealkylation sites (tertiary alicyclic amines) is 1. The highest BCUT2D eigenvalue weighted by Crippen LogP contribution is 2.26. The summed E-state index contributed by atoms with van der Waals surface area (Å²) in [6.45, 7) is 5.53. The van der Waals surface area contributed by atoms with Crippen LogP contribution >= 0.6 is 0 Å². The highest BCUT2D eigenvalue weighted by atomic mass is 19.1. The van der Waals surface area contributed by atoms with Crippen LogP contribution in [-0.4, -0.2) is 45.4 Å². The Bertz CT molecular complexity index is 732. The molecule has 0 unspecified atom stereocenters. The molecule has 0 radical (unpaired) electrons. The van der Waals surface area contributed by atoms with E-state index in [0.29, 0.717) is 18.7 Å². The zero-order valence-corrected chi connectivity index (χ0v) is 14.7. The van der Waals surface area contributed by atoms with E-state index in [9.17, 15) is 14.3 Å². The second kappa shape index (κ2) is 7.35. The van der Waals surface area contributed by atoms with Crippen molar-refractivity contribution in [2.24, 2.45) is 5.92 Å². The molecule has 0 atom stereocenters. The molecule has 0 bridgehead atoms. The summed E-state index contributed by atoms with van der Waals surface area (Å²) in [6.07, 6.45) is 3.26. The van der Waals surface area contributed by atoms with Gasteiger partial charge in [0, 0.05) is 19.7 Å². The van der Waals surface area contributed by atoms with Crippen molar-refractivity contribution < 1.29 is 14.3 Å². The zero-order valence-electron chi connectivity index (χ0n) is 14.7. The van der Waals surface area contributed by atoms with Gasteiger partial charge in [-0.3, -0.25) is 4.79 Å². The monoisotopic (exact) mass is 345 g/mol. The largest absolute Gasteiger partial charge is 0.396 e. The Morgan fingerprint density at radius 2 is 1.92 bits per heavy atom.